The molecule has 24 heavy (non-hydrogen) atoms. The van der Waals surface area contributed by atoms with Gasteiger partial charge in [0, 0.05) is 15.5 Å². The third-order valence-corrected chi connectivity index (χ3v) is 4.40. The van der Waals surface area contributed by atoms with Gasteiger partial charge in [-0.15, -0.1) is 0 Å². The van der Waals surface area contributed by atoms with Gasteiger partial charge in [0.1, 0.15) is 0 Å². The molecule has 1 heterocycles. The van der Waals surface area contributed by atoms with Gasteiger partial charge >= 0.3 is 0 Å². The number of nitrogens with zero attached hydrogens (tertiary/aromatic N) is 1. The van der Waals surface area contributed by atoms with Crippen LogP contribution >= 0.6 is 28.1 Å². The lowest BCUT2D eigenvalue weighted by atomic mass is 10.1. The van der Waals surface area contributed by atoms with Crippen molar-refractivity contribution < 1.29 is 4.52 Å². The van der Waals surface area contributed by atoms with E-state index in [1.807, 2.05) is 42.5 Å². The van der Waals surface area contributed by atoms with E-state index in [4.69, 9.17) is 16.7 Å². The van der Waals surface area contributed by atoms with Crippen LogP contribution < -0.4 is 10.6 Å². The van der Waals surface area contributed by atoms with Crippen molar-refractivity contribution in [2.45, 2.75) is 0 Å². The summed E-state index contributed by atoms with van der Waals surface area (Å²) in [7, 11) is 0. The predicted octanol–water partition coefficient (Wildman–Crippen LogP) is 5.55. The molecule has 1 aromatic heterocycles. The van der Waals surface area contributed by atoms with Gasteiger partial charge in [-0.25, -0.2) is 0 Å². The van der Waals surface area contributed by atoms with Crippen molar-refractivity contribution in [1.82, 2.24) is 5.16 Å². The Bertz CT molecular complexity index is 1060. The summed E-state index contributed by atoms with van der Waals surface area (Å²) in [5.41, 5.74) is 1.64. The lowest BCUT2D eigenvalue weighted by Gasteiger charge is -2.11. The molecule has 0 saturated carbocycles. The van der Waals surface area contributed by atoms with Crippen molar-refractivity contribution in [3.05, 3.63) is 65.1 Å². The molecule has 118 valence electrons. The minimum atomic E-state index is 0.462. The Morgan fingerprint density at radius 2 is 1.79 bits per heavy atom. The second-order valence-corrected chi connectivity index (χ2v) is 6.60. The molecule has 0 aliphatic carbocycles. The first kappa shape index (κ1) is 15.1. The van der Waals surface area contributed by atoms with Crippen molar-refractivity contribution in [3.63, 3.8) is 0 Å². The first-order valence-electron chi connectivity index (χ1n) is 7.31. The molecule has 0 spiro atoms. The van der Waals surface area contributed by atoms with E-state index in [2.05, 4.69) is 49.9 Å². The highest BCUT2D eigenvalue weighted by atomic mass is 79.9. The number of aromatic nitrogens is 1. The average molecular weight is 398 g/mol. The van der Waals surface area contributed by atoms with Gasteiger partial charge in [-0.3, -0.25) is 0 Å². The largest absolute Gasteiger partial charge is 0.354 e. The van der Waals surface area contributed by atoms with E-state index in [0.717, 1.165) is 26.3 Å². The minimum absolute atomic E-state index is 0.462. The zero-order valence-corrected chi connectivity index (χ0v) is 14.8. The van der Waals surface area contributed by atoms with Gasteiger partial charge < -0.3 is 15.2 Å². The Hall–Kier alpha value is -2.44. The molecule has 0 fully saturated rings. The average Bonchev–Trinajstić information content (AvgIpc) is 2.97. The number of rotatable bonds is 2. The van der Waals surface area contributed by atoms with Gasteiger partial charge in [0.15, 0.2) is 16.5 Å². The van der Waals surface area contributed by atoms with Crippen LogP contribution in [-0.4, -0.2) is 10.3 Å². The van der Waals surface area contributed by atoms with E-state index < -0.39 is 0 Å². The predicted molar refractivity (Wildman–Crippen MR) is 106 cm³/mol. The highest BCUT2D eigenvalue weighted by Crippen LogP contribution is 2.27. The van der Waals surface area contributed by atoms with E-state index >= 15 is 0 Å². The fraction of sp³-hybridized carbons (Fsp3) is 0. The monoisotopic (exact) mass is 397 g/mol. The highest BCUT2D eigenvalue weighted by Gasteiger charge is 2.10. The Labute approximate surface area is 152 Å². The van der Waals surface area contributed by atoms with Crippen molar-refractivity contribution in [1.29, 1.82) is 0 Å². The van der Waals surface area contributed by atoms with Crippen LogP contribution in [-0.2, 0) is 0 Å². The summed E-state index contributed by atoms with van der Waals surface area (Å²) in [6.07, 6.45) is 0. The van der Waals surface area contributed by atoms with E-state index in [-0.39, 0.29) is 0 Å². The van der Waals surface area contributed by atoms with Crippen molar-refractivity contribution in [2.24, 2.45) is 0 Å². The molecule has 0 radical (unpaired) electrons. The van der Waals surface area contributed by atoms with Crippen LogP contribution in [0.4, 0.5) is 11.5 Å². The number of anilines is 2. The maximum atomic E-state index is 5.42. The van der Waals surface area contributed by atoms with Crippen molar-refractivity contribution >= 4 is 66.5 Å². The maximum Gasteiger partial charge on any atom is 0.183 e. The first-order valence-corrected chi connectivity index (χ1v) is 8.51. The van der Waals surface area contributed by atoms with Crippen LogP contribution in [0.3, 0.4) is 0 Å². The molecule has 0 amide bonds. The molecule has 0 aliphatic rings. The van der Waals surface area contributed by atoms with Crippen molar-refractivity contribution in [3.8, 4) is 0 Å². The number of hydrogen-bond donors (Lipinski definition) is 2. The summed E-state index contributed by atoms with van der Waals surface area (Å²) in [6.45, 7) is 0. The third kappa shape index (κ3) is 2.86. The number of fused-ring (bicyclic) bond motifs is 2. The van der Waals surface area contributed by atoms with E-state index in [9.17, 15) is 0 Å². The first-order chi connectivity index (χ1) is 11.7. The maximum absolute atomic E-state index is 5.42. The van der Waals surface area contributed by atoms with Gasteiger partial charge in [0.2, 0.25) is 0 Å². The Morgan fingerprint density at radius 3 is 2.71 bits per heavy atom. The summed E-state index contributed by atoms with van der Waals surface area (Å²) >= 11 is 8.84. The minimum Gasteiger partial charge on any atom is -0.354 e. The standard InChI is InChI=1S/C18H12BrN3OS/c19-12-8-9-14-16(10-12)23-22-17(14)21-18(24)20-15-7-3-5-11-4-1-2-6-13(11)15/h1-10H,(H2,20,21,22,24). The molecule has 0 aliphatic heterocycles. The second-order valence-electron chi connectivity index (χ2n) is 5.28. The molecule has 4 aromatic rings. The van der Waals surface area contributed by atoms with E-state index in [0.29, 0.717) is 16.5 Å². The molecule has 3 aromatic carbocycles. The zero-order valence-electron chi connectivity index (χ0n) is 12.4. The zero-order chi connectivity index (χ0) is 16.5. The Kier molecular flexibility index (Phi) is 3.92. The summed E-state index contributed by atoms with van der Waals surface area (Å²) in [6, 6.07) is 19.9. The molecule has 0 saturated heterocycles. The highest BCUT2D eigenvalue weighted by molar-refractivity contribution is 9.10. The molecule has 0 atom stereocenters. The molecular formula is C18H12BrN3OS. The lowest BCUT2D eigenvalue weighted by molar-refractivity contribution is 0.460. The SMILES string of the molecule is S=C(Nc1cccc2ccccc12)Nc1noc2cc(Br)ccc12. The molecular weight excluding hydrogens is 386 g/mol. The van der Waals surface area contributed by atoms with Gasteiger partial charge in [-0.05, 0) is 41.9 Å². The molecule has 0 bridgehead atoms. The summed E-state index contributed by atoms with van der Waals surface area (Å²) in [4.78, 5) is 0. The summed E-state index contributed by atoms with van der Waals surface area (Å²) in [5.74, 6) is 0.593. The van der Waals surface area contributed by atoms with E-state index in [1.165, 1.54) is 0 Å². The molecule has 4 nitrogen and oxygen atoms in total. The topological polar surface area (TPSA) is 50.1 Å². The molecule has 4 rings (SSSR count). The summed E-state index contributed by atoms with van der Waals surface area (Å²) < 4.78 is 6.26. The van der Waals surface area contributed by atoms with Crippen molar-refractivity contribution in [2.75, 3.05) is 10.6 Å². The molecule has 2 N–H and O–H groups in total. The second kappa shape index (κ2) is 6.22. The third-order valence-electron chi connectivity index (χ3n) is 3.70. The lowest BCUT2D eigenvalue weighted by Crippen LogP contribution is -2.19. The van der Waals surface area contributed by atoms with Crippen LogP contribution in [0.5, 0.6) is 0 Å². The van der Waals surface area contributed by atoms with Gasteiger partial charge in [0.05, 0.1) is 5.39 Å². The summed E-state index contributed by atoms with van der Waals surface area (Å²) in [5, 5.41) is 14.0. The quantitative estimate of drug-likeness (QED) is 0.434. The van der Waals surface area contributed by atoms with Gasteiger partial charge in [-0.2, -0.15) is 0 Å². The van der Waals surface area contributed by atoms with Gasteiger partial charge in [-0.1, -0.05) is 57.5 Å². The fourth-order valence-corrected chi connectivity index (χ4v) is 3.14. The Balaban J connectivity index is 1.60. The van der Waals surface area contributed by atoms with Crippen LogP contribution in [0, 0.1) is 0 Å². The Morgan fingerprint density at radius 1 is 0.958 bits per heavy atom. The smallest absolute Gasteiger partial charge is 0.183 e. The van der Waals surface area contributed by atoms with Crippen LogP contribution in [0.25, 0.3) is 21.7 Å². The number of halogens is 1. The number of benzene rings is 3. The normalized spacial score (nSPS) is 10.9. The van der Waals surface area contributed by atoms with Crippen LogP contribution in [0.2, 0.25) is 0 Å². The van der Waals surface area contributed by atoms with Gasteiger partial charge in [0.25, 0.3) is 0 Å². The fourth-order valence-electron chi connectivity index (χ4n) is 2.60. The van der Waals surface area contributed by atoms with E-state index in [1.54, 1.807) is 0 Å². The van der Waals surface area contributed by atoms with Crippen LogP contribution in [0.1, 0.15) is 0 Å². The number of nitrogens with one attached hydrogen (secondary N) is 2. The van der Waals surface area contributed by atoms with Crippen LogP contribution in [0.15, 0.2) is 69.7 Å². The number of hydrogen-bond acceptors (Lipinski definition) is 3. The number of thiocarbonyl (C=S) groups is 1. The molecule has 6 heteroatoms. The molecule has 0 unspecified atom stereocenters.